The molecule has 2 N–H and O–H groups in total. The lowest BCUT2D eigenvalue weighted by Crippen LogP contribution is -2.49. The minimum absolute atomic E-state index is 0.0785. The predicted molar refractivity (Wildman–Crippen MR) is 136 cm³/mol. The van der Waals surface area contributed by atoms with Crippen LogP contribution in [-0.4, -0.2) is 56.4 Å². The minimum Gasteiger partial charge on any atom is -0.450 e. The van der Waals surface area contributed by atoms with E-state index in [9.17, 15) is 18.4 Å². The zero-order valence-electron chi connectivity index (χ0n) is 20.9. The number of carbonyl (C=O) groups is 2. The van der Waals surface area contributed by atoms with Gasteiger partial charge in [-0.15, -0.1) is 0 Å². The highest BCUT2D eigenvalue weighted by atomic mass is 19.1. The summed E-state index contributed by atoms with van der Waals surface area (Å²) in [5, 5.41) is 22.0. The molecule has 1 aliphatic rings. The molecule has 5 rings (SSSR count). The highest BCUT2D eigenvalue weighted by Crippen LogP contribution is 2.30. The molecular weight excluding hydrogens is 528 g/mol. The number of carboxylic acid groups (broad SMARTS) is 2. The SMILES string of the molecule is O=C(O)OC1(OC(=O)O)CCN(Cc2ccc(-c3noc(-c4ccc(-c5ccc(F)cc5F)cc4)n3)cc2)CC1. The third-order valence-electron chi connectivity index (χ3n) is 6.58. The van der Waals surface area contributed by atoms with Crippen LogP contribution in [0.4, 0.5) is 18.4 Å². The molecule has 1 aliphatic heterocycles. The number of nitrogens with zero attached hydrogens (tertiary/aromatic N) is 3. The van der Waals surface area contributed by atoms with Crippen molar-refractivity contribution in [2.75, 3.05) is 13.1 Å². The van der Waals surface area contributed by atoms with Crippen LogP contribution in [0.1, 0.15) is 18.4 Å². The topological polar surface area (TPSA) is 135 Å². The van der Waals surface area contributed by atoms with E-state index in [0.29, 0.717) is 36.6 Å². The minimum atomic E-state index is -1.70. The summed E-state index contributed by atoms with van der Waals surface area (Å²) in [6.45, 7) is 1.31. The van der Waals surface area contributed by atoms with Crippen LogP contribution in [0.15, 0.2) is 71.3 Å². The van der Waals surface area contributed by atoms with Crippen molar-refractivity contribution in [2.24, 2.45) is 0 Å². The van der Waals surface area contributed by atoms with Crippen LogP contribution in [0, 0.1) is 11.6 Å². The Kier molecular flexibility index (Phi) is 7.43. The summed E-state index contributed by atoms with van der Waals surface area (Å²) in [6.07, 6.45) is -3.02. The molecule has 10 nitrogen and oxygen atoms in total. The Balaban J connectivity index is 1.21. The van der Waals surface area contributed by atoms with Crippen molar-refractivity contribution in [3.63, 3.8) is 0 Å². The fourth-order valence-corrected chi connectivity index (χ4v) is 4.59. The Hall–Kier alpha value is -4.84. The van der Waals surface area contributed by atoms with Gasteiger partial charge < -0.3 is 24.2 Å². The monoisotopic (exact) mass is 551 g/mol. The molecule has 2 heterocycles. The second-order valence-corrected chi connectivity index (χ2v) is 9.24. The second-order valence-electron chi connectivity index (χ2n) is 9.24. The Labute approximate surface area is 226 Å². The third-order valence-corrected chi connectivity index (χ3v) is 6.58. The van der Waals surface area contributed by atoms with Gasteiger partial charge in [0.25, 0.3) is 11.7 Å². The van der Waals surface area contributed by atoms with Gasteiger partial charge in [-0.05, 0) is 35.4 Å². The number of hydrogen-bond donors (Lipinski definition) is 2. The molecule has 40 heavy (non-hydrogen) atoms. The van der Waals surface area contributed by atoms with E-state index < -0.39 is 29.7 Å². The zero-order chi connectivity index (χ0) is 28.3. The summed E-state index contributed by atoms with van der Waals surface area (Å²) >= 11 is 0. The summed E-state index contributed by atoms with van der Waals surface area (Å²) in [4.78, 5) is 28.5. The molecular formula is C28H23F2N3O7. The maximum absolute atomic E-state index is 14.1. The number of piperidine rings is 1. The number of rotatable bonds is 7. The summed E-state index contributed by atoms with van der Waals surface area (Å²) in [5.74, 6) is -2.32. The molecule has 0 atom stereocenters. The van der Waals surface area contributed by atoms with Crippen LogP contribution >= 0.6 is 0 Å². The van der Waals surface area contributed by atoms with Crippen LogP contribution in [0.3, 0.4) is 0 Å². The number of ether oxygens (including phenoxy) is 2. The van der Waals surface area contributed by atoms with E-state index >= 15 is 0 Å². The molecule has 0 aliphatic carbocycles. The molecule has 0 bridgehead atoms. The van der Waals surface area contributed by atoms with E-state index in [0.717, 1.165) is 17.2 Å². The molecule has 206 valence electrons. The van der Waals surface area contributed by atoms with Gasteiger partial charge in [-0.1, -0.05) is 41.6 Å². The van der Waals surface area contributed by atoms with E-state index in [1.807, 2.05) is 29.2 Å². The van der Waals surface area contributed by atoms with E-state index in [1.165, 1.54) is 12.1 Å². The fourth-order valence-electron chi connectivity index (χ4n) is 4.59. The molecule has 1 aromatic heterocycles. The lowest BCUT2D eigenvalue weighted by molar-refractivity contribution is -0.205. The molecule has 0 unspecified atom stereocenters. The van der Waals surface area contributed by atoms with Crippen LogP contribution in [0.2, 0.25) is 0 Å². The molecule has 0 saturated carbocycles. The molecule has 3 aromatic carbocycles. The first-order valence-electron chi connectivity index (χ1n) is 12.2. The third kappa shape index (κ3) is 6.07. The van der Waals surface area contributed by atoms with Gasteiger partial charge >= 0.3 is 12.3 Å². The normalized spacial score (nSPS) is 14.9. The predicted octanol–water partition coefficient (Wildman–Crippen LogP) is 6.03. The standard InChI is InChI=1S/C28H23F2N3O7/c29-21-9-10-22(23(30)15-21)18-5-7-20(8-6-18)25-31-24(32-40-25)19-3-1-17(2-4-19)16-33-13-11-28(12-14-33,38-26(34)35)39-27(36)37/h1-10,15H,11-14,16H2,(H,34,35)(H,36,37). The first-order valence-corrected chi connectivity index (χ1v) is 12.2. The number of hydrogen-bond acceptors (Lipinski definition) is 8. The Bertz CT molecular complexity index is 1500. The van der Waals surface area contributed by atoms with Crippen molar-refractivity contribution < 1.29 is 42.6 Å². The van der Waals surface area contributed by atoms with Crippen LogP contribution < -0.4 is 0 Å². The molecule has 0 spiro atoms. The smallest absolute Gasteiger partial charge is 0.450 e. The largest absolute Gasteiger partial charge is 0.509 e. The van der Waals surface area contributed by atoms with Crippen molar-refractivity contribution in [2.45, 2.75) is 25.2 Å². The number of benzene rings is 3. The van der Waals surface area contributed by atoms with Crippen LogP contribution in [0.25, 0.3) is 34.0 Å². The highest BCUT2D eigenvalue weighted by molar-refractivity contribution is 5.68. The van der Waals surface area contributed by atoms with E-state index in [4.69, 9.17) is 24.2 Å². The van der Waals surface area contributed by atoms with Gasteiger partial charge in [0.15, 0.2) is 0 Å². The maximum atomic E-state index is 14.1. The van der Waals surface area contributed by atoms with Gasteiger partial charge in [-0.25, -0.2) is 18.4 Å². The average molecular weight is 552 g/mol. The van der Waals surface area contributed by atoms with Gasteiger partial charge in [0.05, 0.1) is 0 Å². The molecule has 0 amide bonds. The Morgan fingerprint density at radius 2 is 1.48 bits per heavy atom. The van der Waals surface area contributed by atoms with Crippen LogP contribution in [-0.2, 0) is 16.0 Å². The van der Waals surface area contributed by atoms with Gasteiger partial charge in [-0.2, -0.15) is 4.98 Å². The van der Waals surface area contributed by atoms with Crippen LogP contribution in [0.5, 0.6) is 0 Å². The number of aromatic nitrogens is 2. The maximum Gasteiger partial charge on any atom is 0.509 e. The molecule has 1 saturated heterocycles. The lowest BCUT2D eigenvalue weighted by Gasteiger charge is -2.38. The Morgan fingerprint density at radius 3 is 2.08 bits per heavy atom. The van der Waals surface area contributed by atoms with Gasteiger partial charge in [0, 0.05) is 55.2 Å². The Morgan fingerprint density at radius 1 is 0.875 bits per heavy atom. The number of likely N-dealkylation sites (tertiary alicyclic amines) is 1. The quantitative estimate of drug-likeness (QED) is 0.207. The van der Waals surface area contributed by atoms with Crippen molar-refractivity contribution in [3.05, 3.63) is 83.9 Å². The zero-order valence-corrected chi connectivity index (χ0v) is 20.9. The van der Waals surface area contributed by atoms with Gasteiger partial charge in [0.2, 0.25) is 5.82 Å². The summed E-state index contributed by atoms with van der Waals surface area (Å²) < 4.78 is 42.2. The van der Waals surface area contributed by atoms with Crippen molar-refractivity contribution in [1.82, 2.24) is 15.0 Å². The summed E-state index contributed by atoms with van der Waals surface area (Å²) in [7, 11) is 0. The van der Waals surface area contributed by atoms with Gasteiger partial charge in [-0.3, -0.25) is 4.90 Å². The molecule has 0 radical (unpaired) electrons. The first-order chi connectivity index (χ1) is 19.2. The van der Waals surface area contributed by atoms with E-state index in [2.05, 4.69) is 10.1 Å². The van der Waals surface area contributed by atoms with E-state index in [-0.39, 0.29) is 24.3 Å². The van der Waals surface area contributed by atoms with Gasteiger partial charge in [0.1, 0.15) is 11.6 Å². The van der Waals surface area contributed by atoms with Crippen molar-refractivity contribution >= 4 is 12.3 Å². The lowest BCUT2D eigenvalue weighted by atomic mass is 10.0. The highest BCUT2D eigenvalue weighted by Gasteiger charge is 2.42. The second kappa shape index (κ2) is 11.1. The fraction of sp³-hybridized carbons (Fsp3) is 0.214. The number of halogens is 2. The van der Waals surface area contributed by atoms with Crippen molar-refractivity contribution in [1.29, 1.82) is 0 Å². The summed E-state index contributed by atoms with van der Waals surface area (Å²) in [6, 6.07) is 17.7. The first kappa shape index (κ1) is 26.8. The van der Waals surface area contributed by atoms with Crippen molar-refractivity contribution in [3.8, 4) is 34.0 Å². The van der Waals surface area contributed by atoms with E-state index in [1.54, 1.807) is 24.3 Å². The summed E-state index contributed by atoms with van der Waals surface area (Å²) in [5.41, 5.74) is 3.21. The molecule has 1 fully saturated rings. The molecule has 12 heteroatoms. The average Bonchev–Trinajstić information content (AvgIpc) is 3.40. The molecule has 4 aromatic rings.